The number of furan rings is 1. The van der Waals surface area contributed by atoms with Crippen molar-refractivity contribution in [2.45, 2.75) is 38.2 Å². The molecule has 1 aromatic heterocycles. The van der Waals surface area contributed by atoms with Gasteiger partial charge in [-0.1, -0.05) is 0 Å². The summed E-state index contributed by atoms with van der Waals surface area (Å²) in [6, 6.07) is 0. The number of aliphatic hydroxyl groups excluding tert-OH is 1. The molecule has 0 aromatic carbocycles. The van der Waals surface area contributed by atoms with E-state index in [1.165, 1.54) is 12.8 Å². The van der Waals surface area contributed by atoms with Gasteiger partial charge in [0.05, 0.1) is 6.61 Å². The fraction of sp³-hybridized carbons (Fsp3) is 0.692. The topological polar surface area (TPSA) is 82.8 Å². The highest BCUT2D eigenvalue weighted by Gasteiger charge is 2.26. The highest BCUT2D eigenvalue weighted by atomic mass is 32.2. The van der Waals surface area contributed by atoms with Crippen LogP contribution in [-0.2, 0) is 16.6 Å². The van der Waals surface area contributed by atoms with Crippen LogP contribution in [0.1, 0.15) is 29.9 Å². The summed E-state index contributed by atoms with van der Waals surface area (Å²) in [5, 5.41) is 9.31. The lowest BCUT2D eigenvalue weighted by atomic mass is 10.2. The number of nitrogens with one attached hydrogen (secondary N) is 1. The van der Waals surface area contributed by atoms with Gasteiger partial charge in [0.25, 0.3) is 0 Å². The molecule has 1 aliphatic rings. The second-order valence-electron chi connectivity index (χ2n) is 5.13. The summed E-state index contributed by atoms with van der Waals surface area (Å²) in [7, 11) is -3.63. The molecule has 7 heteroatoms. The van der Waals surface area contributed by atoms with Crippen molar-refractivity contribution in [2.24, 2.45) is 0 Å². The quantitative estimate of drug-likeness (QED) is 0.811. The van der Waals surface area contributed by atoms with E-state index in [1.54, 1.807) is 13.8 Å². The van der Waals surface area contributed by atoms with Crippen LogP contribution in [0.5, 0.6) is 0 Å². The number of aliphatic hydroxyl groups is 1. The molecule has 114 valence electrons. The molecule has 2 rings (SSSR count). The molecule has 0 bridgehead atoms. The first-order valence-corrected chi connectivity index (χ1v) is 8.36. The largest absolute Gasteiger partial charge is 0.465 e. The van der Waals surface area contributed by atoms with E-state index in [0.717, 1.165) is 13.1 Å². The molecule has 1 fully saturated rings. The third-order valence-corrected chi connectivity index (χ3v) is 5.33. The molecule has 0 saturated carbocycles. The zero-order valence-electron chi connectivity index (χ0n) is 12.0. The van der Waals surface area contributed by atoms with E-state index < -0.39 is 10.0 Å². The summed E-state index contributed by atoms with van der Waals surface area (Å²) >= 11 is 0. The van der Waals surface area contributed by atoms with Gasteiger partial charge in [-0.3, -0.25) is 0 Å². The van der Waals surface area contributed by atoms with Gasteiger partial charge in [-0.2, -0.15) is 0 Å². The zero-order valence-corrected chi connectivity index (χ0v) is 12.8. The number of likely N-dealkylation sites (tertiary alicyclic amines) is 1. The van der Waals surface area contributed by atoms with Crippen molar-refractivity contribution in [2.75, 3.05) is 26.2 Å². The van der Waals surface area contributed by atoms with Crippen LogP contribution in [0.4, 0.5) is 0 Å². The van der Waals surface area contributed by atoms with E-state index in [9.17, 15) is 13.5 Å². The fourth-order valence-electron chi connectivity index (χ4n) is 2.66. The van der Waals surface area contributed by atoms with Gasteiger partial charge >= 0.3 is 0 Å². The molecule has 0 unspecified atom stereocenters. The smallest absolute Gasteiger partial charge is 0.244 e. The van der Waals surface area contributed by atoms with E-state index in [-0.39, 0.29) is 11.5 Å². The molecule has 1 saturated heterocycles. The molecule has 1 aromatic rings. The lowest BCUT2D eigenvalue weighted by Gasteiger charge is -2.15. The summed E-state index contributed by atoms with van der Waals surface area (Å²) < 4.78 is 32.5. The molecular formula is C13H22N2O4S. The Labute approximate surface area is 119 Å². The number of nitrogens with zero attached hydrogens (tertiary/aromatic N) is 1. The Morgan fingerprint density at radius 3 is 2.50 bits per heavy atom. The van der Waals surface area contributed by atoms with Crippen molar-refractivity contribution in [1.29, 1.82) is 0 Å². The minimum atomic E-state index is -3.63. The average molecular weight is 302 g/mol. The van der Waals surface area contributed by atoms with Crippen LogP contribution in [0.3, 0.4) is 0 Å². The van der Waals surface area contributed by atoms with Gasteiger partial charge in [0.15, 0.2) is 0 Å². The first-order chi connectivity index (χ1) is 9.45. The Bertz CT molecular complexity index is 559. The van der Waals surface area contributed by atoms with Crippen LogP contribution in [0.25, 0.3) is 0 Å². The molecule has 2 N–H and O–H groups in total. The van der Waals surface area contributed by atoms with Crippen molar-refractivity contribution in [3.63, 3.8) is 0 Å². The van der Waals surface area contributed by atoms with Crippen molar-refractivity contribution >= 4 is 10.0 Å². The molecule has 20 heavy (non-hydrogen) atoms. The molecule has 0 aliphatic carbocycles. The summed E-state index contributed by atoms with van der Waals surface area (Å²) in [4.78, 5) is 2.32. The van der Waals surface area contributed by atoms with Gasteiger partial charge in [-0.25, -0.2) is 13.1 Å². The predicted octanol–water partition coefficient (Wildman–Crippen LogP) is 0.763. The predicted molar refractivity (Wildman–Crippen MR) is 75.0 cm³/mol. The summed E-state index contributed by atoms with van der Waals surface area (Å²) in [5.74, 6) is 0.769. The molecule has 6 nitrogen and oxygen atoms in total. The van der Waals surface area contributed by atoms with Gasteiger partial charge in [0, 0.05) is 18.7 Å². The highest BCUT2D eigenvalue weighted by Crippen LogP contribution is 2.26. The number of sulfonamides is 1. The molecule has 2 heterocycles. The van der Waals surface area contributed by atoms with Crippen LogP contribution < -0.4 is 4.72 Å². The Hall–Kier alpha value is -0.890. The highest BCUT2D eigenvalue weighted by molar-refractivity contribution is 7.89. The molecule has 1 aliphatic heterocycles. The number of aryl methyl sites for hydroxylation is 2. The zero-order chi connectivity index (χ0) is 14.8. The monoisotopic (exact) mass is 302 g/mol. The van der Waals surface area contributed by atoms with Crippen LogP contribution in [0.2, 0.25) is 0 Å². The third-order valence-electron chi connectivity index (χ3n) is 3.67. The number of rotatable bonds is 6. The van der Waals surface area contributed by atoms with Crippen molar-refractivity contribution in [3.8, 4) is 0 Å². The Morgan fingerprint density at radius 2 is 1.90 bits per heavy atom. The number of hydrogen-bond acceptors (Lipinski definition) is 5. The molecule has 0 atom stereocenters. The maximum absolute atomic E-state index is 12.3. The summed E-state index contributed by atoms with van der Waals surface area (Å²) in [5.41, 5.74) is 0.344. The van der Waals surface area contributed by atoms with Crippen molar-refractivity contribution < 1.29 is 17.9 Å². The van der Waals surface area contributed by atoms with E-state index in [1.807, 2.05) is 0 Å². The minimum Gasteiger partial charge on any atom is -0.465 e. The Kier molecular flexibility index (Phi) is 4.85. The SMILES string of the molecule is Cc1oc(C)c(S(=O)(=O)NCCN2CCCC2)c1CO. The summed E-state index contributed by atoms with van der Waals surface area (Å²) in [6.07, 6.45) is 2.36. The van der Waals surface area contributed by atoms with E-state index in [2.05, 4.69) is 9.62 Å². The van der Waals surface area contributed by atoms with Crippen molar-refractivity contribution in [3.05, 3.63) is 17.1 Å². The van der Waals surface area contributed by atoms with Crippen LogP contribution in [0, 0.1) is 13.8 Å². The Balaban J connectivity index is 2.06. The molecular weight excluding hydrogens is 280 g/mol. The fourth-order valence-corrected chi connectivity index (χ4v) is 4.12. The lowest BCUT2D eigenvalue weighted by Crippen LogP contribution is -2.34. The first kappa shape index (κ1) is 15.5. The molecule has 0 spiro atoms. The molecule has 0 amide bonds. The van der Waals surface area contributed by atoms with Gasteiger partial charge < -0.3 is 14.4 Å². The van der Waals surface area contributed by atoms with Crippen LogP contribution in [-0.4, -0.2) is 44.6 Å². The Morgan fingerprint density at radius 1 is 1.25 bits per heavy atom. The van der Waals surface area contributed by atoms with Gasteiger partial charge in [0.2, 0.25) is 10.0 Å². The van der Waals surface area contributed by atoms with E-state index in [4.69, 9.17) is 4.42 Å². The van der Waals surface area contributed by atoms with Crippen molar-refractivity contribution in [1.82, 2.24) is 9.62 Å². The van der Waals surface area contributed by atoms with Gasteiger partial charge in [0.1, 0.15) is 16.4 Å². The lowest BCUT2D eigenvalue weighted by molar-refractivity contribution is 0.276. The second kappa shape index (κ2) is 6.26. The average Bonchev–Trinajstić information content (AvgIpc) is 2.96. The van der Waals surface area contributed by atoms with Crippen LogP contribution >= 0.6 is 0 Å². The first-order valence-electron chi connectivity index (χ1n) is 6.87. The normalized spacial score (nSPS) is 16.9. The second-order valence-corrected chi connectivity index (χ2v) is 6.83. The third kappa shape index (κ3) is 3.22. The van der Waals surface area contributed by atoms with E-state index in [0.29, 0.717) is 30.2 Å². The molecule has 0 radical (unpaired) electrons. The summed E-state index contributed by atoms with van der Waals surface area (Å²) in [6.45, 7) is 6.07. The minimum absolute atomic E-state index is 0.0823. The van der Waals surface area contributed by atoms with E-state index >= 15 is 0 Å². The van der Waals surface area contributed by atoms with Gasteiger partial charge in [-0.05, 0) is 39.8 Å². The standard InChI is InChI=1S/C13H22N2O4S/c1-10-12(9-16)13(11(2)19-10)20(17,18)14-5-8-15-6-3-4-7-15/h14,16H,3-9H2,1-2H3. The van der Waals surface area contributed by atoms with Gasteiger partial charge in [-0.15, -0.1) is 0 Å². The maximum Gasteiger partial charge on any atom is 0.244 e. The maximum atomic E-state index is 12.3. The number of hydrogen-bond donors (Lipinski definition) is 2. The van der Waals surface area contributed by atoms with Crippen LogP contribution in [0.15, 0.2) is 9.31 Å².